The lowest BCUT2D eigenvalue weighted by molar-refractivity contribution is -0.144. The fourth-order valence-corrected chi connectivity index (χ4v) is 2.09. The van der Waals surface area contributed by atoms with Crippen LogP contribution in [0.25, 0.3) is 0 Å². The molecule has 0 heterocycles. The molecule has 1 saturated carbocycles. The van der Waals surface area contributed by atoms with Crippen LogP contribution in [-0.4, -0.2) is 53.0 Å². The lowest BCUT2D eigenvalue weighted by Gasteiger charge is -2.31. The molecule has 0 aromatic heterocycles. The van der Waals surface area contributed by atoms with Crippen molar-refractivity contribution in [2.75, 3.05) is 13.2 Å². The maximum atomic E-state index is 12.1. The Morgan fingerprint density at radius 2 is 1.95 bits per heavy atom. The molecule has 6 nitrogen and oxygen atoms in total. The number of hydrogen-bond donors (Lipinski definition) is 1. The van der Waals surface area contributed by atoms with Gasteiger partial charge in [-0.15, -0.1) is 0 Å². The highest BCUT2D eigenvalue weighted by molar-refractivity contribution is 5.80. The summed E-state index contributed by atoms with van der Waals surface area (Å²) < 4.78 is 10.9. The van der Waals surface area contributed by atoms with Crippen molar-refractivity contribution in [1.82, 2.24) is 4.90 Å². The van der Waals surface area contributed by atoms with E-state index in [2.05, 4.69) is 0 Å². The van der Waals surface area contributed by atoms with E-state index >= 15 is 0 Å². The third kappa shape index (κ3) is 5.91. The molecule has 1 aliphatic carbocycles. The minimum atomic E-state index is -1.03. The molecule has 0 saturated heterocycles. The van der Waals surface area contributed by atoms with Crippen molar-refractivity contribution in [1.29, 1.82) is 0 Å². The van der Waals surface area contributed by atoms with Gasteiger partial charge in [0.2, 0.25) is 0 Å². The molecule has 1 N–H and O–H groups in total. The van der Waals surface area contributed by atoms with Crippen LogP contribution in [-0.2, 0) is 14.3 Å². The van der Waals surface area contributed by atoms with E-state index in [9.17, 15) is 14.7 Å². The number of amides is 1. The molecule has 122 valence electrons. The number of hydrogen-bond acceptors (Lipinski definition) is 4. The standard InChI is InChI=1S/C15H27NO5/c1-5-16(14(19)21-15(2,3)4)12(13(17)18)9-10-20-11-7-6-8-11/h11-12H,5-10H2,1-4H3,(H,17,18)/t12-/m0/s1. The summed E-state index contributed by atoms with van der Waals surface area (Å²) >= 11 is 0. The van der Waals surface area contributed by atoms with Crippen molar-refractivity contribution in [3.05, 3.63) is 0 Å². The normalized spacial score (nSPS) is 17.0. The Kier molecular flexibility index (Phi) is 6.45. The van der Waals surface area contributed by atoms with Crippen LogP contribution in [0.3, 0.4) is 0 Å². The molecular formula is C15H27NO5. The first-order valence-corrected chi connectivity index (χ1v) is 7.58. The van der Waals surface area contributed by atoms with Gasteiger partial charge in [0.25, 0.3) is 0 Å². The molecule has 0 unspecified atom stereocenters. The van der Waals surface area contributed by atoms with E-state index in [1.54, 1.807) is 27.7 Å². The summed E-state index contributed by atoms with van der Waals surface area (Å²) in [6, 6.07) is -0.912. The van der Waals surface area contributed by atoms with Gasteiger partial charge in [0.05, 0.1) is 6.10 Å². The molecule has 1 fully saturated rings. The first kappa shape index (κ1) is 17.8. The van der Waals surface area contributed by atoms with E-state index in [1.807, 2.05) is 0 Å². The first-order chi connectivity index (χ1) is 9.74. The molecule has 0 aromatic rings. The van der Waals surface area contributed by atoms with Gasteiger partial charge in [-0.05, 0) is 47.0 Å². The first-order valence-electron chi connectivity index (χ1n) is 7.58. The van der Waals surface area contributed by atoms with E-state index in [-0.39, 0.29) is 19.1 Å². The van der Waals surface area contributed by atoms with Crippen molar-refractivity contribution in [2.45, 2.75) is 71.1 Å². The van der Waals surface area contributed by atoms with Crippen LogP contribution in [0.5, 0.6) is 0 Å². The summed E-state index contributed by atoms with van der Waals surface area (Å²) in [7, 11) is 0. The van der Waals surface area contributed by atoms with Crippen LogP contribution < -0.4 is 0 Å². The summed E-state index contributed by atoms with van der Waals surface area (Å²) in [5.41, 5.74) is -0.643. The van der Waals surface area contributed by atoms with Gasteiger partial charge in [-0.1, -0.05) is 0 Å². The summed E-state index contributed by atoms with van der Waals surface area (Å²) in [6.07, 6.45) is 3.20. The molecule has 1 amide bonds. The van der Waals surface area contributed by atoms with Gasteiger partial charge in [0.15, 0.2) is 0 Å². The van der Waals surface area contributed by atoms with Gasteiger partial charge >= 0.3 is 12.1 Å². The summed E-state index contributed by atoms with van der Waals surface area (Å²) in [5, 5.41) is 9.35. The zero-order valence-electron chi connectivity index (χ0n) is 13.4. The van der Waals surface area contributed by atoms with Gasteiger partial charge < -0.3 is 14.6 Å². The topological polar surface area (TPSA) is 76.1 Å². The smallest absolute Gasteiger partial charge is 0.411 e. The highest BCUT2D eigenvalue weighted by Gasteiger charge is 2.32. The van der Waals surface area contributed by atoms with Crippen molar-refractivity contribution in [2.24, 2.45) is 0 Å². The number of likely N-dealkylation sites (N-methyl/N-ethyl adjacent to an activating group) is 1. The van der Waals surface area contributed by atoms with Crippen LogP contribution in [0.15, 0.2) is 0 Å². The predicted molar refractivity (Wildman–Crippen MR) is 78.2 cm³/mol. The Hall–Kier alpha value is -1.30. The molecule has 1 aliphatic rings. The van der Waals surface area contributed by atoms with Gasteiger partial charge in [0.1, 0.15) is 11.6 Å². The van der Waals surface area contributed by atoms with Crippen LogP contribution in [0.4, 0.5) is 4.79 Å². The number of carbonyl (C=O) groups is 2. The summed E-state index contributed by atoms with van der Waals surface area (Å²) in [4.78, 5) is 24.8. The minimum Gasteiger partial charge on any atom is -0.480 e. The molecule has 0 radical (unpaired) electrons. The summed E-state index contributed by atoms with van der Waals surface area (Å²) in [5.74, 6) is -1.03. The van der Waals surface area contributed by atoms with Gasteiger partial charge in [-0.25, -0.2) is 9.59 Å². The van der Waals surface area contributed by atoms with Crippen LogP contribution in [0.2, 0.25) is 0 Å². The molecule has 1 atom stereocenters. The second-order valence-corrected chi connectivity index (χ2v) is 6.33. The quantitative estimate of drug-likeness (QED) is 0.782. The third-order valence-corrected chi connectivity index (χ3v) is 3.43. The van der Waals surface area contributed by atoms with Crippen molar-refractivity contribution >= 4 is 12.1 Å². The molecule has 0 aliphatic heterocycles. The monoisotopic (exact) mass is 301 g/mol. The average molecular weight is 301 g/mol. The van der Waals surface area contributed by atoms with Crippen molar-refractivity contribution in [3.8, 4) is 0 Å². The highest BCUT2D eigenvalue weighted by atomic mass is 16.6. The number of ether oxygens (including phenoxy) is 2. The SMILES string of the molecule is CCN(C(=O)OC(C)(C)C)[C@@H](CCOC1CCC1)C(=O)O. The third-order valence-electron chi connectivity index (χ3n) is 3.43. The van der Waals surface area contributed by atoms with Crippen molar-refractivity contribution < 1.29 is 24.2 Å². The number of carboxylic acid groups (broad SMARTS) is 1. The van der Waals surface area contributed by atoms with Gasteiger partial charge in [-0.2, -0.15) is 0 Å². The Bertz CT molecular complexity index is 360. The zero-order chi connectivity index (χ0) is 16.0. The maximum absolute atomic E-state index is 12.1. The van der Waals surface area contributed by atoms with Crippen LogP contribution in [0.1, 0.15) is 53.4 Å². The molecule has 1 rings (SSSR count). The summed E-state index contributed by atoms with van der Waals surface area (Å²) in [6.45, 7) is 7.65. The van der Waals surface area contributed by atoms with E-state index in [0.29, 0.717) is 6.61 Å². The Morgan fingerprint density at radius 1 is 1.33 bits per heavy atom. The Labute approximate surface area is 126 Å². The largest absolute Gasteiger partial charge is 0.480 e. The maximum Gasteiger partial charge on any atom is 0.411 e. The molecule has 21 heavy (non-hydrogen) atoms. The fourth-order valence-electron chi connectivity index (χ4n) is 2.09. The zero-order valence-corrected chi connectivity index (χ0v) is 13.4. The lowest BCUT2D eigenvalue weighted by Crippen LogP contribution is -2.47. The lowest BCUT2D eigenvalue weighted by atomic mass is 9.96. The second kappa shape index (κ2) is 7.64. The van der Waals surface area contributed by atoms with Gasteiger partial charge in [-0.3, -0.25) is 4.90 Å². The highest BCUT2D eigenvalue weighted by Crippen LogP contribution is 2.22. The number of rotatable bonds is 7. The molecule has 0 bridgehead atoms. The Balaban J connectivity index is 2.56. The molecule has 0 spiro atoms. The van der Waals surface area contributed by atoms with E-state index in [0.717, 1.165) is 12.8 Å². The molecular weight excluding hydrogens is 274 g/mol. The Morgan fingerprint density at radius 3 is 2.33 bits per heavy atom. The predicted octanol–water partition coefficient (Wildman–Crippen LogP) is 2.66. The van der Waals surface area contributed by atoms with Crippen LogP contribution in [0, 0.1) is 0 Å². The molecule has 0 aromatic carbocycles. The van der Waals surface area contributed by atoms with Gasteiger partial charge in [0, 0.05) is 19.6 Å². The van der Waals surface area contributed by atoms with E-state index < -0.39 is 23.7 Å². The van der Waals surface area contributed by atoms with E-state index in [4.69, 9.17) is 9.47 Å². The van der Waals surface area contributed by atoms with E-state index in [1.165, 1.54) is 11.3 Å². The second-order valence-electron chi connectivity index (χ2n) is 6.33. The average Bonchev–Trinajstić information content (AvgIpc) is 2.27. The molecule has 6 heteroatoms. The number of carboxylic acids is 1. The number of carbonyl (C=O) groups excluding carboxylic acids is 1. The van der Waals surface area contributed by atoms with Crippen molar-refractivity contribution in [3.63, 3.8) is 0 Å². The minimum absolute atomic E-state index is 0.260. The fraction of sp³-hybridized carbons (Fsp3) is 0.867. The van der Waals surface area contributed by atoms with Crippen LogP contribution >= 0.6 is 0 Å². The number of nitrogens with zero attached hydrogens (tertiary/aromatic N) is 1. The number of aliphatic carboxylic acids is 1.